The van der Waals surface area contributed by atoms with Crippen molar-refractivity contribution in [2.24, 2.45) is 0 Å². The number of hydrogen-bond donors (Lipinski definition) is 3. The molecular formula is C11H8BrF3N4O. The van der Waals surface area contributed by atoms with Gasteiger partial charge in [-0.1, -0.05) is 0 Å². The van der Waals surface area contributed by atoms with Gasteiger partial charge in [0.2, 0.25) is 0 Å². The number of alkyl halides is 3. The Balaban J connectivity index is 2.30. The van der Waals surface area contributed by atoms with Crippen molar-refractivity contribution in [2.75, 3.05) is 11.1 Å². The molecule has 106 valence electrons. The summed E-state index contributed by atoms with van der Waals surface area (Å²) in [5.74, 6) is -0.681. The summed E-state index contributed by atoms with van der Waals surface area (Å²) in [5.41, 5.74) is 4.69. The average molecular weight is 349 g/mol. The first-order chi connectivity index (χ1) is 9.29. The number of rotatable bonds is 2. The lowest BCUT2D eigenvalue weighted by atomic mass is 10.2. The summed E-state index contributed by atoms with van der Waals surface area (Å²) in [6.45, 7) is 0. The molecule has 2 rings (SSSR count). The molecule has 0 aliphatic heterocycles. The predicted octanol–water partition coefficient (Wildman–Crippen LogP) is 3.03. The molecule has 1 aromatic heterocycles. The first-order valence-electron chi connectivity index (χ1n) is 5.26. The zero-order valence-corrected chi connectivity index (χ0v) is 11.3. The number of nitrogens with two attached hydrogens (primary N) is 1. The van der Waals surface area contributed by atoms with E-state index in [2.05, 4.69) is 31.4 Å². The Morgan fingerprint density at radius 3 is 2.65 bits per heavy atom. The summed E-state index contributed by atoms with van der Waals surface area (Å²) in [4.78, 5) is 11.8. The van der Waals surface area contributed by atoms with Crippen LogP contribution >= 0.6 is 15.9 Å². The standard InChI is InChI=1S/C11H8BrF3N4O/c12-6-2-1-5(11(13,14)15)3-8(6)18-10(20)9-7(16)4-17-19-9/h1-4H,16H2,(H,17,19)(H,18,20). The lowest BCUT2D eigenvalue weighted by molar-refractivity contribution is -0.137. The second-order valence-corrected chi connectivity index (χ2v) is 4.70. The molecule has 5 nitrogen and oxygen atoms in total. The Kier molecular flexibility index (Phi) is 3.71. The highest BCUT2D eigenvalue weighted by Crippen LogP contribution is 2.34. The number of amides is 1. The minimum atomic E-state index is -4.49. The molecule has 1 amide bonds. The molecule has 0 aliphatic rings. The number of aromatic nitrogens is 2. The van der Waals surface area contributed by atoms with Crippen LogP contribution in [0, 0.1) is 0 Å². The number of hydrogen-bond acceptors (Lipinski definition) is 3. The van der Waals surface area contributed by atoms with Crippen LogP contribution in [0.2, 0.25) is 0 Å². The third-order valence-corrected chi connectivity index (χ3v) is 3.13. The van der Waals surface area contributed by atoms with E-state index >= 15 is 0 Å². The average Bonchev–Trinajstić information content (AvgIpc) is 2.77. The first-order valence-corrected chi connectivity index (χ1v) is 6.05. The van der Waals surface area contributed by atoms with Crippen LogP contribution in [-0.4, -0.2) is 16.1 Å². The Morgan fingerprint density at radius 1 is 1.40 bits per heavy atom. The molecule has 0 radical (unpaired) electrons. The maximum atomic E-state index is 12.6. The number of benzene rings is 1. The minimum absolute atomic E-state index is 0.0150. The van der Waals surface area contributed by atoms with Gasteiger partial charge in [-0.25, -0.2) is 0 Å². The molecule has 20 heavy (non-hydrogen) atoms. The highest BCUT2D eigenvalue weighted by Gasteiger charge is 2.31. The fourth-order valence-corrected chi connectivity index (χ4v) is 1.81. The van der Waals surface area contributed by atoms with Gasteiger partial charge in [-0.2, -0.15) is 18.3 Å². The zero-order chi connectivity index (χ0) is 14.9. The largest absolute Gasteiger partial charge is 0.416 e. The van der Waals surface area contributed by atoms with Crippen LogP contribution in [-0.2, 0) is 6.18 Å². The molecule has 9 heteroatoms. The molecule has 2 aromatic rings. The lowest BCUT2D eigenvalue weighted by Crippen LogP contribution is -2.15. The van der Waals surface area contributed by atoms with Gasteiger partial charge in [0.1, 0.15) is 5.69 Å². The molecular weight excluding hydrogens is 341 g/mol. The van der Waals surface area contributed by atoms with E-state index in [1.165, 1.54) is 12.3 Å². The van der Waals surface area contributed by atoms with Crippen LogP contribution in [0.1, 0.15) is 16.1 Å². The molecule has 4 N–H and O–H groups in total. The molecule has 0 saturated carbocycles. The van der Waals surface area contributed by atoms with Gasteiger partial charge in [-0.3, -0.25) is 9.89 Å². The zero-order valence-electron chi connectivity index (χ0n) is 9.75. The number of aromatic amines is 1. The summed E-state index contributed by atoms with van der Waals surface area (Å²) in [6.07, 6.45) is -3.26. The third kappa shape index (κ3) is 2.93. The number of anilines is 2. The first kappa shape index (κ1) is 14.4. The maximum Gasteiger partial charge on any atom is 0.416 e. The SMILES string of the molecule is Nc1cn[nH]c1C(=O)Nc1cc(C(F)(F)F)ccc1Br. The Morgan fingerprint density at radius 2 is 2.10 bits per heavy atom. The van der Waals surface area contributed by atoms with Crippen LogP contribution in [0.3, 0.4) is 0 Å². The normalized spacial score (nSPS) is 11.4. The number of H-pyrrole nitrogens is 1. The Labute approximate surface area is 119 Å². The Bertz CT molecular complexity index is 653. The highest BCUT2D eigenvalue weighted by atomic mass is 79.9. The second-order valence-electron chi connectivity index (χ2n) is 3.85. The van der Waals surface area contributed by atoms with E-state index in [4.69, 9.17) is 5.73 Å². The quantitative estimate of drug-likeness (QED) is 0.779. The van der Waals surface area contributed by atoms with E-state index in [-0.39, 0.29) is 17.1 Å². The van der Waals surface area contributed by atoms with Gasteiger partial charge < -0.3 is 11.1 Å². The van der Waals surface area contributed by atoms with Crippen molar-refractivity contribution in [3.63, 3.8) is 0 Å². The highest BCUT2D eigenvalue weighted by molar-refractivity contribution is 9.10. The van der Waals surface area contributed by atoms with E-state index < -0.39 is 17.6 Å². The maximum absolute atomic E-state index is 12.6. The molecule has 1 aromatic carbocycles. The molecule has 0 atom stereocenters. The van der Waals surface area contributed by atoms with Crippen LogP contribution in [0.15, 0.2) is 28.9 Å². The monoisotopic (exact) mass is 348 g/mol. The van der Waals surface area contributed by atoms with Gasteiger partial charge in [0, 0.05) is 4.47 Å². The van der Waals surface area contributed by atoms with Crippen molar-refractivity contribution in [3.05, 3.63) is 40.1 Å². The molecule has 0 spiro atoms. The number of nitrogens with one attached hydrogen (secondary N) is 2. The third-order valence-electron chi connectivity index (χ3n) is 2.44. The van der Waals surface area contributed by atoms with Crippen molar-refractivity contribution in [1.29, 1.82) is 0 Å². The predicted molar refractivity (Wildman–Crippen MR) is 70.1 cm³/mol. The summed E-state index contributed by atoms with van der Waals surface area (Å²) in [6, 6.07) is 2.94. The van der Waals surface area contributed by atoms with E-state index in [1.54, 1.807) is 0 Å². The van der Waals surface area contributed by atoms with Crippen molar-refractivity contribution >= 4 is 33.2 Å². The minimum Gasteiger partial charge on any atom is -0.396 e. The molecule has 0 saturated heterocycles. The topological polar surface area (TPSA) is 83.8 Å². The van der Waals surface area contributed by atoms with Crippen LogP contribution < -0.4 is 11.1 Å². The smallest absolute Gasteiger partial charge is 0.396 e. The number of carbonyl (C=O) groups is 1. The van der Waals surface area contributed by atoms with Gasteiger partial charge in [-0.15, -0.1) is 0 Å². The number of nitrogen functional groups attached to an aromatic ring is 1. The summed E-state index contributed by atoms with van der Waals surface area (Å²) >= 11 is 3.07. The van der Waals surface area contributed by atoms with E-state index in [9.17, 15) is 18.0 Å². The van der Waals surface area contributed by atoms with E-state index in [0.29, 0.717) is 4.47 Å². The van der Waals surface area contributed by atoms with Gasteiger partial charge in [-0.05, 0) is 34.1 Å². The second kappa shape index (κ2) is 5.16. The summed E-state index contributed by atoms with van der Waals surface area (Å²) in [5, 5.41) is 8.26. The van der Waals surface area contributed by atoms with Crippen LogP contribution in [0.25, 0.3) is 0 Å². The molecule has 1 heterocycles. The van der Waals surface area contributed by atoms with Crippen LogP contribution in [0.4, 0.5) is 24.5 Å². The fourth-order valence-electron chi connectivity index (χ4n) is 1.46. The number of carbonyl (C=O) groups excluding carboxylic acids is 1. The Hall–Kier alpha value is -2.03. The molecule has 0 fully saturated rings. The van der Waals surface area contributed by atoms with Crippen LogP contribution in [0.5, 0.6) is 0 Å². The van der Waals surface area contributed by atoms with E-state index in [0.717, 1.165) is 12.1 Å². The van der Waals surface area contributed by atoms with Crippen molar-refractivity contribution in [3.8, 4) is 0 Å². The van der Waals surface area contributed by atoms with Crippen molar-refractivity contribution in [2.45, 2.75) is 6.18 Å². The van der Waals surface area contributed by atoms with Gasteiger partial charge in [0.05, 0.1) is 23.1 Å². The van der Waals surface area contributed by atoms with Gasteiger partial charge in [0.25, 0.3) is 5.91 Å². The number of nitrogens with zero attached hydrogens (tertiary/aromatic N) is 1. The van der Waals surface area contributed by atoms with Crippen molar-refractivity contribution < 1.29 is 18.0 Å². The van der Waals surface area contributed by atoms with Crippen molar-refractivity contribution in [1.82, 2.24) is 10.2 Å². The summed E-state index contributed by atoms with van der Waals surface area (Å²) < 4.78 is 38.1. The van der Waals surface area contributed by atoms with E-state index in [1.807, 2.05) is 0 Å². The molecule has 0 unspecified atom stereocenters. The van der Waals surface area contributed by atoms with Gasteiger partial charge in [0.15, 0.2) is 0 Å². The summed E-state index contributed by atoms with van der Waals surface area (Å²) in [7, 11) is 0. The fraction of sp³-hybridized carbons (Fsp3) is 0.0909. The number of halogens is 4. The lowest BCUT2D eigenvalue weighted by Gasteiger charge is -2.11. The molecule has 0 bridgehead atoms. The van der Waals surface area contributed by atoms with Gasteiger partial charge >= 0.3 is 6.18 Å². The molecule has 0 aliphatic carbocycles.